The van der Waals surface area contributed by atoms with Crippen LogP contribution in [0, 0.1) is 0 Å². The predicted molar refractivity (Wildman–Crippen MR) is 58.8 cm³/mol. The first-order chi connectivity index (χ1) is 7.18. The van der Waals surface area contributed by atoms with E-state index in [0.29, 0.717) is 18.2 Å². The van der Waals surface area contributed by atoms with Gasteiger partial charge in [-0.25, -0.2) is 0 Å². The van der Waals surface area contributed by atoms with Gasteiger partial charge in [-0.3, -0.25) is 4.90 Å². The summed E-state index contributed by atoms with van der Waals surface area (Å²) in [5, 5.41) is 0. The minimum absolute atomic E-state index is 0.256. The molecule has 4 unspecified atom stereocenters. The van der Waals surface area contributed by atoms with Crippen LogP contribution in [0.3, 0.4) is 0 Å². The first kappa shape index (κ1) is 11.3. The summed E-state index contributed by atoms with van der Waals surface area (Å²) in [6, 6.07) is 1.09. The van der Waals surface area contributed by atoms with Gasteiger partial charge in [0.05, 0.1) is 19.3 Å². The Morgan fingerprint density at radius 2 is 2.07 bits per heavy atom. The number of nitrogens with two attached hydrogens (primary N) is 1. The molecule has 0 aromatic carbocycles. The number of rotatable bonds is 1. The lowest BCUT2D eigenvalue weighted by molar-refractivity contribution is -0.0944. The van der Waals surface area contributed by atoms with Crippen LogP contribution in [0.1, 0.15) is 20.3 Å². The second kappa shape index (κ2) is 4.78. The monoisotopic (exact) mass is 214 g/mol. The summed E-state index contributed by atoms with van der Waals surface area (Å²) >= 11 is 0. The number of nitrogens with zero attached hydrogens (tertiary/aromatic N) is 1. The lowest BCUT2D eigenvalue weighted by Crippen LogP contribution is -2.60. The van der Waals surface area contributed by atoms with E-state index in [0.717, 1.165) is 32.8 Å². The molecule has 4 atom stereocenters. The molecule has 2 saturated heterocycles. The van der Waals surface area contributed by atoms with Crippen LogP contribution in [0.4, 0.5) is 0 Å². The normalized spacial score (nSPS) is 44.2. The van der Waals surface area contributed by atoms with Gasteiger partial charge in [0.2, 0.25) is 0 Å². The average Bonchev–Trinajstić information content (AvgIpc) is 2.23. The standard InChI is InChI=1S/C11H22N2O2/c1-8-6-15-9(2)5-13(8)11-7-14-4-3-10(11)12/h8-11H,3-7,12H2,1-2H3. The van der Waals surface area contributed by atoms with Crippen molar-refractivity contribution in [2.75, 3.05) is 26.4 Å². The first-order valence-corrected chi connectivity index (χ1v) is 5.89. The molecule has 0 bridgehead atoms. The Bertz CT molecular complexity index is 213. The summed E-state index contributed by atoms with van der Waals surface area (Å²) in [4.78, 5) is 2.46. The summed E-state index contributed by atoms with van der Waals surface area (Å²) < 4.78 is 11.1. The molecular formula is C11H22N2O2. The zero-order valence-corrected chi connectivity index (χ0v) is 9.69. The Morgan fingerprint density at radius 3 is 2.80 bits per heavy atom. The lowest BCUT2D eigenvalue weighted by Gasteiger charge is -2.45. The van der Waals surface area contributed by atoms with Crippen molar-refractivity contribution >= 4 is 0 Å². The zero-order valence-electron chi connectivity index (χ0n) is 9.69. The molecule has 2 heterocycles. The second-order valence-corrected chi connectivity index (χ2v) is 4.78. The van der Waals surface area contributed by atoms with E-state index in [1.807, 2.05) is 0 Å². The van der Waals surface area contributed by atoms with E-state index in [1.165, 1.54) is 0 Å². The van der Waals surface area contributed by atoms with E-state index < -0.39 is 0 Å². The van der Waals surface area contributed by atoms with Crippen molar-refractivity contribution in [3.63, 3.8) is 0 Å². The number of hydrogen-bond donors (Lipinski definition) is 1. The molecule has 4 heteroatoms. The van der Waals surface area contributed by atoms with Gasteiger partial charge in [-0.2, -0.15) is 0 Å². The van der Waals surface area contributed by atoms with Crippen molar-refractivity contribution in [1.82, 2.24) is 4.90 Å². The van der Waals surface area contributed by atoms with Gasteiger partial charge >= 0.3 is 0 Å². The summed E-state index contributed by atoms with van der Waals surface area (Å²) in [5.41, 5.74) is 6.16. The van der Waals surface area contributed by atoms with Crippen LogP contribution in [0.2, 0.25) is 0 Å². The molecular weight excluding hydrogens is 192 g/mol. The van der Waals surface area contributed by atoms with Gasteiger partial charge in [-0.15, -0.1) is 0 Å². The van der Waals surface area contributed by atoms with Gasteiger partial charge in [0.1, 0.15) is 0 Å². The van der Waals surface area contributed by atoms with Crippen molar-refractivity contribution in [2.45, 2.75) is 44.5 Å². The number of morpholine rings is 1. The molecule has 0 saturated carbocycles. The molecule has 0 radical (unpaired) electrons. The van der Waals surface area contributed by atoms with E-state index in [4.69, 9.17) is 15.2 Å². The predicted octanol–water partition coefficient (Wildman–Crippen LogP) is 0.212. The zero-order chi connectivity index (χ0) is 10.8. The van der Waals surface area contributed by atoms with Crippen LogP contribution >= 0.6 is 0 Å². The Hall–Kier alpha value is -0.160. The van der Waals surface area contributed by atoms with Crippen molar-refractivity contribution in [3.05, 3.63) is 0 Å². The van der Waals surface area contributed by atoms with Crippen molar-refractivity contribution < 1.29 is 9.47 Å². The van der Waals surface area contributed by atoms with Crippen LogP contribution in [0.5, 0.6) is 0 Å². The molecule has 2 aliphatic rings. The SMILES string of the molecule is CC1CN(C2COCCC2N)C(C)CO1. The van der Waals surface area contributed by atoms with E-state index in [1.54, 1.807) is 0 Å². The maximum atomic E-state index is 6.16. The molecule has 2 fully saturated rings. The molecule has 0 aromatic heterocycles. The highest BCUT2D eigenvalue weighted by Gasteiger charge is 2.34. The third-order valence-corrected chi connectivity index (χ3v) is 3.46. The van der Waals surface area contributed by atoms with Gasteiger partial charge in [0.25, 0.3) is 0 Å². The molecule has 2 N–H and O–H groups in total. The number of ether oxygens (including phenoxy) is 2. The fraction of sp³-hybridized carbons (Fsp3) is 1.00. The van der Waals surface area contributed by atoms with Crippen molar-refractivity contribution in [1.29, 1.82) is 0 Å². The summed E-state index contributed by atoms with van der Waals surface area (Å²) in [6.45, 7) is 7.69. The van der Waals surface area contributed by atoms with Gasteiger partial charge in [-0.1, -0.05) is 0 Å². The third-order valence-electron chi connectivity index (χ3n) is 3.46. The Morgan fingerprint density at radius 1 is 1.27 bits per heavy atom. The molecule has 88 valence electrons. The molecule has 0 amide bonds. The molecule has 2 rings (SSSR count). The molecule has 4 nitrogen and oxygen atoms in total. The van der Waals surface area contributed by atoms with Crippen molar-refractivity contribution in [3.8, 4) is 0 Å². The molecule has 2 aliphatic heterocycles. The molecule has 0 aromatic rings. The van der Waals surface area contributed by atoms with Crippen LogP contribution < -0.4 is 5.73 Å². The summed E-state index contributed by atoms with van der Waals surface area (Å²) in [6.07, 6.45) is 1.29. The third kappa shape index (κ3) is 2.50. The fourth-order valence-electron chi connectivity index (χ4n) is 2.47. The molecule has 0 aliphatic carbocycles. The first-order valence-electron chi connectivity index (χ1n) is 5.89. The minimum atomic E-state index is 0.256. The van der Waals surface area contributed by atoms with Crippen LogP contribution in [-0.2, 0) is 9.47 Å². The van der Waals surface area contributed by atoms with E-state index in [-0.39, 0.29) is 6.04 Å². The highest BCUT2D eigenvalue weighted by Crippen LogP contribution is 2.20. The number of hydrogen-bond acceptors (Lipinski definition) is 4. The van der Waals surface area contributed by atoms with E-state index >= 15 is 0 Å². The molecule has 0 spiro atoms. The fourth-order valence-corrected chi connectivity index (χ4v) is 2.47. The molecule has 15 heavy (non-hydrogen) atoms. The highest BCUT2D eigenvalue weighted by molar-refractivity contribution is 4.89. The van der Waals surface area contributed by atoms with Gasteiger partial charge in [-0.05, 0) is 20.3 Å². The van der Waals surface area contributed by atoms with Gasteiger partial charge in [0, 0.05) is 31.3 Å². The highest BCUT2D eigenvalue weighted by atomic mass is 16.5. The second-order valence-electron chi connectivity index (χ2n) is 4.78. The van der Waals surface area contributed by atoms with Crippen LogP contribution in [0.25, 0.3) is 0 Å². The quantitative estimate of drug-likeness (QED) is 0.678. The van der Waals surface area contributed by atoms with Gasteiger partial charge in [0.15, 0.2) is 0 Å². The maximum Gasteiger partial charge on any atom is 0.0674 e. The summed E-state index contributed by atoms with van der Waals surface area (Å²) in [7, 11) is 0. The average molecular weight is 214 g/mol. The maximum absolute atomic E-state index is 6.16. The summed E-state index contributed by atoms with van der Waals surface area (Å²) in [5.74, 6) is 0. The smallest absolute Gasteiger partial charge is 0.0674 e. The van der Waals surface area contributed by atoms with Crippen LogP contribution in [0.15, 0.2) is 0 Å². The van der Waals surface area contributed by atoms with Crippen LogP contribution in [-0.4, -0.2) is 55.5 Å². The minimum Gasteiger partial charge on any atom is -0.380 e. The van der Waals surface area contributed by atoms with E-state index in [9.17, 15) is 0 Å². The Balaban J connectivity index is 1.99. The Labute approximate surface area is 91.7 Å². The largest absolute Gasteiger partial charge is 0.380 e. The Kier molecular flexibility index (Phi) is 3.61. The topological polar surface area (TPSA) is 47.7 Å². The van der Waals surface area contributed by atoms with Crippen molar-refractivity contribution in [2.24, 2.45) is 5.73 Å². The van der Waals surface area contributed by atoms with E-state index in [2.05, 4.69) is 18.7 Å². The van der Waals surface area contributed by atoms with Gasteiger partial charge < -0.3 is 15.2 Å². The lowest BCUT2D eigenvalue weighted by atomic mass is 10.00.